The fraction of sp³-hybridized carbons (Fsp3) is 0.846. The summed E-state index contributed by atoms with van der Waals surface area (Å²) in [4.78, 5) is 18.5. The van der Waals surface area contributed by atoms with E-state index in [9.17, 15) is 18.0 Å². The molecule has 0 aliphatic carbocycles. The van der Waals surface area contributed by atoms with E-state index < -0.39 is 18.6 Å². The van der Waals surface area contributed by atoms with Gasteiger partial charge in [-0.3, -0.25) is 9.79 Å². The molecule has 1 rings (SSSR count). The van der Waals surface area contributed by atoms with Gasteiger partial charge < -0.3 is 15.1 Å². The van der Waals surface area contributed by atoms with Crippen molar-refractivity contribution in [3.8, 4) is 0 Å². The first-order valence-electron chi connectivity index (χ1n) is 6.94. The molecule has 1 aliphatic rings. The van der Waals surface area contributed by atoms with Crippen LogP contribution in [0.25, 0.3) is 0 Å². The zero-order valence-corrected chi connectivity index (χ0v) is 14.1. The molecular formula is C13H23F3N4OS. The Morgan fingerprint density at radius 3 is 2.59 bits per heavy atom. The van der Waals surface area contributed by atoms with Gasteiger partial charge in [-0.25, -0.2) is 0 Å². The minimum atomic E-state index is -4.39. The Balaban J connectivity index is 2.52. The number of likely N-dealkylation sites (N-methyl/N-ethyl adjacent to an activating group) is 1. The van der Waals surface area contributed by atoms with Gasteiger partial charge in [0.2, 0.25) is 5.91 Å². The van der Waals surface area contributed by atoms with E-state index in [4.69, 9.17) is 0 Å². The molecule has 0 atom stereocenters. The highest BCUT2D eigenvalue weighted by molar-refractivity contribution is 8.00. The average Bonchev–Trinajstić information content (AvgIpc) is 2.36. The number of carbonyl (C=O) groups is 1. The molecule has 1 fully saturated rings. The maximum absolute atomic E-state index is 12.3. The minimum Gasteiger partial charge on any atom is -0.347 e. The van der Waals surface area contributed by atoms with Crippen LogP contribution in [-0.2, 0) is 4.79 Å². The second-order valence-corrected chi connectivity index (χ2v) is 7.60. The van der Waals surface area contributed by atoms with Crippen LogP contribution in [0.5, 0.6) is 0 Å². The summed E-state index contributed by atoms with van der Waals surface area (Å²) in [5.41, 5.74) is 0. The topological polar surface area (TPSA) is 47.9 Å². The number of nitrogens with one attached hydrogen (secondary N) is 1. The van der Waals surface area contributed by atoms with Crippen LogP contribution < -0.4 is 5.32 Å². The number of thioether (sulfide) groups is 1. The first kappa shape index (κ1) is 18.9. The number of halogens is 3. The lowest BCUT2D eigenvalue weighted by Gasteiger charge is -2.39. The molecule has 0 aromatic rings. The maximum Gasteiger partial charge on any atom is 0.406 e. The third-order valence-electron chi connectivity index (χ3n) is 3.18. The fourth-order valence-electron chi connectivity index (χ4n) is 2.18. The predicted octanol–water partition coefficient (Wildman–Crippen LogP) is 1.41. The number of nitrogens with zero attached hydrogens (tertiary/aromatic N) is 3. The van der Waals surface area contributed by atoms with Gasteiger partial charge in [-0.1, -0.05) is 0 Å². The Morgan fingerprint density at radius 1 is 1.45 bits per heavy atom. The van der Waals surface area contributed by atoms with Gasteiger partial charge in [0.15, 0.2) is 5.96 Å². The van der Waals surface area contributed by atoms with E-state index in [1.165, 1.54) is 0 Å². The van der Waals surface area contributed by atoms with Crippen molar-refractivity contribution in [2.45, 2.75) is 24.8 Å². The molecule has 1 saturated heterocycles. The number of alkyl halides is 3. The van der Waals surface area contributed by atoms with Gasteiger partial charge >= 0.3 is 6.18 Å². The molecule has 0 aromatic heterocycles. The van der Waals surface area contributed by atoms with Gasteiger partial charge in [-0.15, -0.1) is 0 Å². The second kappa shape index (κ2) is 7.43. The molecule has 9 heteroatoms. The molecule has 0 radical (unpaired) electrons. The summed E-state index contributed by atoms with van der Waals surface area (Å²) in [6.45, 7) is 4.35. The van der Waals surface area contributed by atoms with Crippen LogP contribution >= 0.6 is 11.8 Å². The Hall–Kier alpha value is -1.12. The van der Waals surface area contributed by atoms with Gasteiger partial charge in [-0.05, 0) is 13.8 Å². The van der Waals surface area contributed by atoms with Crippen LogP contribution in [0.3, 0.4) is 0 Å². The minimum absolute atomic E-state index is 0.0763. The van der Waals surface area contributed by atoms with E-state index in [-0.39, 0.29) is 11.3 Å². The molecule has 128 valence electrons. The number of rotatable bonds is 3. The van der Waals surface area contributed by atoms with Crippen molar-refractivity contribution in [1.82, 2.24) is 15.1 Å². The van der Waals surface area contributed by atoms with Crippen LogP contribution in [0.4, 0.5) is 13.2 Å². The normalized spacial score (nSPS) is 19.0. The van der Waals surface area contributed by atoms with Gasteiger partial charge in [0.05, 0.1) is 6.54 Å². The lowest BCUT2D eigenvalue weighted by molar-refractivity contribution is -0.157. The molecule has 0 bridgehead atoms. The highest BCUT2D eigenvalue weighted by Crippen LogP contribution is 2.29. The zero-order chi connectivity index (χ0) is 17.0. The first-order valence-corrected chi connectivity index (χ1v) is 7.93. The van der Waals surface area contributed by atoms with Crippen molar-refractivity contribution in [2.75, 3.05) is 46.0 Å². The van der Waals surface area contributed by atoms with Crippen LogP contribution in [0.1, 0.15) is 13.8 Å². The molecule has 0 saturated carbocycles. The van der Waals surface area contributed by atoms with E-state index in [0.717, 1.165) is 25.9 Å². The van der Waals surface area contributed by atoms with Crippen molar-refractivity contribution in [1.29, 1.82) is 0 Å². The summed E-state index contributed by atoms with van der Waals surface area (Å²) in [5.74, 6) is 0.863. The van der Waals surface area contributed by atoms with Crippen LogP contribution in [0, 0.1) is 0 Å². The van der Waals surface area contributed by atoms with Crippen molar-refractivity contribution in [3.63, 3.8) is 0 Å². The summed E-state index contributed by atoms with van der Waals surface area (Å²) in [6.07, 6.45) is -4.39. The third kappa shape index (κ3) is 6.33. The zero-order valence-electron chi connectivity index (χ0n) is 13.3. The smallest absolute Gasteiger partial charge is 0.347 e. The second-order valence-electron chi connectivity index (χ2n) is 5.80. The number of guanidine groups is 1. The van der Waals surface area contributed by atoms with Gasteiger partial charge in [0.25, 0.3) is 0 Å². The Morgan fingerprint density at radius 2 is 2.09 bits per heavy atom. The first-order chi connectivity index (χ1) is 10.0. The van der Waals surface area contributed by atoms with Crippen LogP contribution in [-0.4, -0.2) is 78.6 Å². The highest BCUT2D eigenvalue weighted by atomic mass is 32.2. The van der Waals surface area contributed by atoms with E-state index in [0.29, 0.717) is 10.9 Å². The number of hydrogen-bond donors (Lipinski definition) is 1. The molecule has 1 aliphatic heterocycles. The van der Waals surface area contributed by atoms with E-state index in [1.807, 2.05) is 16.7 Å². The fourth-order valence-corrected chi connectivity index (χ4v) is 3.29. The van der Waals surface area contributed by atoms with Crippen molar-refractivity contribution >= 4 is 23.6 Å². The molecule has 22 heavy (non-hydrogen) atoms. The molecule has 0 aromatic carbocycles. The quantitative estimate of drug-likeness (QED) is 0.623. The molecule has 1 N–H and O–H groups in total. The van der Waals surface area contributed by atoms with Crippen LogP contribution in [0.2, 0.25) is 0 Å². The van der Waals surface area contributed by atoms with Crippen molar-refractivity contribution < 1.29 is 18.0 Å². The monoisotopic (exact) mass is 340 g/mol. The van der Waals surface area contributed by atoms with E-state index in [2.05, 4.69) is 24.2 Å². The number of hydrogen-bond acceptors (Lipinski definition) is 3. The lowest BCUT2D eigenvalue weighted by Crippen LogP contribution is -2.52. The molecule has 0 spiro atoms. The number of amides is 1. The van der Waals surface area contributed by atoms with Crippen LogP contribution in [0.15, 0.2) is 4.99 Å². The Bertz CT molecular complexity index is 426. The van der Waals surface area contributed by atoms with Crippen molar-refractivity contribution in [2.24, 2.45) is 4.99 Å². The molecule has 5 nitrogen and oxygen atoms in total. The largest absolute Gasteiger partial charge is 0.406 e. The molecule has 0 unspecified atom stereocenters. The van der Waals surface area contributed by atoms with E-state index >= 15 is 0 Å². The maximum atomic E-state index is 12.3. The number of carbonyl (C=O) groups excluding carboxylic acids is 1. The lowest BCUT2D eigenvalue weighted by atomic mass is 10.2. The Kier molecular flexibility index (Phi) is 6.39. The van der Waals surface area contributed by atoms with E-state index in [1.54, 1.807) is 7.05 Å². The van der Waals surface area contributed by atoms with Crippen molar-refractivity contribution in [3.05, 3.63) is 0 Å². The average molecular weight is 340 g/mol. The van der Waals surface area contributed by atoms with Gasteiger partial charge in [-0.2, -0.15) is 24.9 Å². The SMILES string of the molecule is CN=C(NCC(=O)N(C)CC(F)(F)F)N1CCSC(C)(C)C1. The van der Waals surface area contributed by atoms with Gasteiger partial charge in [0.1, 0.15) is 6.54 Å². The Labute approximate surface area is 133 Å². The summed E-state index contributed by atoms with van der Waals surface area (Å²) in [5, 5.41) is 2.85. The molecular weight excluding hydrogens is 317 g/mol. The molecule has 1 amide bonds. The predicted molar refractivity (Wildman–Crippen MR) is 83.2 cm³/mol. The number of aliphatic imine (C=N–C) groups is 1. The summed E-state index contributed by atoms with van der Waals surface area (Å²) in [6, 6.07) is 0. The van der Waals surface area contributed by atoms with Gasteiger partial charge in [0, 0.05) is 37.7 Å². The standard InChI is InChI=1S/C13H23F3N4OS/c1-12(2)8-20(5-6-22-12)11(17-3)18-7-10(21)19(4)9-13(14,15)16/h5-9H2,1-4H3,(H,17,18). The summed E-state index contributed by atoms with van der Waals surface area (Å²) < 4.78 is 36.9. The highest BCUT2D eigenvalue weighted by Gasteiger charge is 2.32. The third-order valence-corrected chi connectivity index (χ3v) is 4.47. The summed E-state index contributed by atoms with van der Waals surface area (Å²) >= 11 is 1.86. The summed E-state index contributed by atoms with van der Waals surface area (Å²) in [7, 11) is 2.74. The molecule has 1 heterocycles.